The molecule has 3 heterocycles. The fraction of sp³-hybridized carbons (Fsp3) is 0.500. The van der Waals surface area contributed by atoms with Crippen molar-refractivity contribution in [1.82, 2.24) is 24.2 Å². The second kappa shape index (κ2) is 7.63. The maximum absolute atomic E-state index is 12.8. The Bertz CT molecular complexity index is 1150. The molecule has 1 aromatic carbocycles. The van der Waals surface area contributed by atoms with Gasteiger partial charge in [-0.3, -0.25) is 18.6 Å². The molecule has 1 aliphatic heterocycles. The number of aryl methyl sites for hydroxylation is 1. The summed E-state index contributed by atoms with van der Waals surface area (Å²) in [4.78, 5) is 25.4. The zero-order valence-electron chi connectivity index (χ0n) is 17.6. The van der Waals surface area contributed by atoms with Crippen molar-refractivity contribution < 1.29 is 0 Å². The highest BCUT2D eigenvalue weighted by molar-refractivity contribution is 5.77. The van der Waals surface area contributed by atoms with E-state index in [1.165, 1.54) is 30.0 Å². The lowest BCUT2D eigenvalue weighted by atomic mass is 10.0. The third-order valence-corrected chi connectivity index (χ3v) is 5.80. The van der Waals surface area contributed by atoms with E-state index in [9.17, 15) is 9.59 Å². The Morgan fingerprint density at radius 1 is 1.21 bits per heavy atom. The molecule has 1 unspecified atom stereocenters. The number of aromatic nitrogens is 4. The average molecular weight is 396 g/mol. The van der Waals surface area contributed by atoms with Crippen molar-refractivity contribution in [3.8, 4) is 0 Å². The van der Waals surface area contributed by atoms with Crippen LogP contribution in [0.15, 0.2) is 33.9 Å². The van der Waals surface area contributed by atoms with Gasteiger partial charge in [0.25, 0.3) is 5.56 Å². The molecule has 29 heavy (non-hydrogen) atoms. The van der Waals surface area contributed by atoms with Crippen LogP contribution >= 0.6 is 0 Å². The Balaban J connectivity index is 1.73. The summed E-state index contributed by atoms with van der Waals surface area (Å²) in [6.07, 6.45) is 2.40. The number of benzene rings is 1. The summed E-state index contributed by atoms with van der Waals surface area (Å²) in [6, 6.07) is 9.04. The van der Waals surface area contributed by atoms with Crippen LogP contribution in [0.25, 0.3) is 11.0 Å². The van der Waals surface area contributed by atoms with Gasteiger partial charge in [-0.25, -0.2) is 4.79 Å². The van der Waals surface area contributed by atoms with Crippen molar-refractivity contribution in [3.05, 3.63) is 61.9 Å². The molecule has 1 aliphatic rings. The van der Waals surface area contributed by atoms with Gasteiger partial charge in [0.1, 0.15) is 5.39 Å². The predicted octanol–water partition coefficient (Wildman–Crippen LogP) is 2.33. The minimum atomic E-state index is -0.311. The van der Waals surface area contributed by atoms with Crippen molar-refractivity contribution in [3.63, 3.8) is 0 Å². The second-order valence-corrected chi connectivity index (χ2v) is 8.48. The molecule has 2 aromatic heterocycles. The maximum atomic E-state index is 12.8. The monoisotopic (exact) mass is 395 g/mol. The van der Waals surface area contributed by atoms with Crippen molar-refractivity contribution >= 4 is 11.0 Å². The number of hydrogen-bond donors (Lipinski definition) is 1. The van der Waals surface area contributed by atoms with Crippen LogP contribution in [0, 0.1) is 12.8 Å². The van der Waals surface area contributed by atoms with E-state index in [0.717, 1.165) is 17.8 Å². The molecular weight excluding hydrogens is 366 g/mol. The third-order valence-electron chi connectivity index (χ3n) is 5.80. The second-order valence-electron chi connectivity index (χ2n) is 8.48. The van der Waals surface area contributed by atoms with Crippen LogP contribution in [0.5, 0.6) is 0 Å². The number of hydrogen-bond acceptors (Lipinski definition) is 4. The van der Waals surface area contributed by atoms with E-state index in [1.54, 1.807) is 4.57 Å². The summed E-state index contributed by atoms with van der Waals surface area (Å²) < 4.78 is 4.65. The molecule has 1 atom stereocenters. The van der Waals surface area contributed by atoms with E-state index in [1.807, 2.05) is 25.5 Å². The van der Waals surface area contributed by atoms with Crippen molar-refractivity contribution in [2.24, 2.45) is 13.0 Å². The zero-order valence-corrected chi connectivity index (χ0v) is 17.6. The van der Waals surface area contributed by atoms with Crippen LogP contribution < -0.4 is 16.6 Å². The molecule has 0 aliphatic carbocycles. The molecule has 0 radical (unpaired) electrons. The summed E-state index contributed by atoms with van der Waals surface area (Å²) in [5.41, 5.74) is 3.12. The normalized spacial score (nSPS) is 16.9. The first-order valence-electron chi connectivity index (χ1n) is 10.4. The molecule has 154 valence electrons. The molecular formula is C22H29N5O2. The molecule has 1 fully saturated rings. The summed E-state index contributed by atoms with van der Waals surface area (Å²) >= 11 is 0. The van der Waals surface area contributed by atoms with Gasteiger partial charge in [-0.1, -0.05) is 38.1 Å². The smallest absolute Gasteiger partial charge is 0.310 e. The van der Waals surface area contributed by atoms with Crippen LogP contribution in [-0.4, -0.2) is 25.5 Å². The zero-order chi connectivity index (χ0) is 20.7. The first-order chi connectivity index (χ1) is 13.9. The molecule has 0 bridgehead atoms. The van der Waals surface area contributed by atoms with Gasteiger partial charge in [-0.05, 0) is 43.4 Å². The van der Waals surface area contributed by atoms with E-state index < -0.39 is 0 Å². The SMILES string of the molecule is Cc1c2c(=O)n(C)c(=O)n(CC(C)C)c2nn1Cc1ccc(C2CCCN2)cc1. The molecule has 0 saturated carbocycles. The van der Waals surface area contributed by atoms with Gasteiger partial charge in [-0.2, -0.15) is 5.10 Å². The fourth-order valence-corrected chi connectivity index (χ4v) is 4.18. The summed E-state index contributed by atoms with van der Waals surface area (Å²) in [6.45, 7) is 8.18. The number of fused-ring (bicyclic) bond motifs is 1. The molecule has 0 spiro atoms. The van der Waals surface area contributed by atoms with Gasteiger partial charge in [0.15, 0.2) is 5.65 Å². The van der Waals surface area contributed by atoms with E-state index in [2.05, 4.69) is 34.7 Å². The predicted molar refractivity (Wildman–Crippen MR) is 114 cm³/mol. The van der Waals surface area contributed by atoms with Gasteiger partial charge < -0.3 is 5.32 Å². The largest absolute Gasteiger partial charge is 0.332 e. The quantitative estimate of drug-likeness (QED) is 0.720. The van der Waals surface area contributed by atoms with Crippen LogP contribution in [0.1, 0.15) is 49.6 Å². The van der Waals surface area contributed by atoms with E-state index >= 15 is 0 Å². The van der Waals surface area contributed by atoms with E-state index in [0.29, 0.717) is 30.2 Å². The number of nitrogens with one attached hydrogen (secondary N) is 1. The topological polar surface area (TPSA) is 73.8 Å². The third kappa shape index (κ3) is 3.55. The molecule has 4 rings (SSSR count). The molecule has 1 saturated heterocycles. The van der Waals surface area contributed by atoms with E-state index in [4.69, 9.17) is 0 Å². The van der Waals surface area contributed by atoms with Gasteiger partial charge in [0, 0.05) is 19.6 Å². The average Bonchev–Trinajstić information content (AvgIpc) is 3.33. The molecule has 7 nitrogen and oxygen atoms in total. The summed E-state index contributed by atoms with van der Waals surface area (Å²) in [7, 11) is 1.54. The minimum Gasteiger partial charge on any atom is -0.310 e. The highest BCUT2D eigenvalue weighted by Gasteiger charge is 2.20. The highest BCUT2D eigenvalue weighted by atomic mass is 16.2. The van der Waals surface area contributed by atoms with Crippen molar-refractivity contribution in [1.29, 1.82) is 0 Å². The van der Waals surface area contributed by atoms with Gasteiger partial charge in [-0.15, -0.1) is 0 Å². The first kappa shape index (κ1) is 19.6. The molecule has 1 N–H and O–H groups in total. The van der Waals surface area contributed by atoms with Crippen molar-refractivity contribution in [2.45, 2.75) is 52.7 Å². The van der Waals surface area contributed by atoms with E-state index in [-0.39, 0.29) is 17.2 Å². The maximum Gasteiger partial charge on any atom is 0.332 e. The lowest BCUT2D eigenvalue weighted by Gasteiger charge is -2.11. The Kier molecular flexibility index (Phi) is 5.17. The molecule has 7 heteroatoms. The lowest BCUT2D eigenvalue weighted by Crippen LogP contribution is -2.38. The Morgan fingerprint density at radius 2 is 1.93 bits per heavy atom. The van der Waals surface area contributed by atoms with Crippen LogP contribution in [0.4, 0.5) is 0 Å². The van der Waals surface area contributed by atoms with Gasteiger partial charge >= 0.3 is 5.69 Å². The van der Waals surface area contributed by atoms with Crippen LogP contribution in [0.3, 0.4) is 0 Å². The minimum absolute atomic E-state index is 0.274. The fourth-order valence-electron chi connectivity index (χ4n) is 4.18. The summed E-state index contributed by atoms with van der Waals surface area (Å²) in [5.74, 6) is 0.274. The van der Waals surface area contributed by atoms with Gasteiger partial charge in [0.2, 0.25) is 0 Å². The lowest BCUT2D eigenvalue weighted by molar-refractivity contribution is 0.497. The Morgan fingerprint density at radius 3 is 2.55 bits per heavy atom. The van der Waals surface area contributed by atoms with Crippen LogP contribution in [-0.2, 0) is 20.1 Å². The summed E-state index contributed by atoms with van der Waals surface area (Å²) in [5, 5.41) is 8.72. The van der Waals surface area contributed by atoms with Crippen molar-refractivity contribution in [2.75, 3.05) is 6.54 Å². The number of rotatable bonds is 5. The first-order valence-corrected chi connectivity index (χ1v) is 10.4. The van der Waals surface area contributed by atoms with Gasteiger partial charge in [0.05, 0.1) is 12.2 Å². The Labute approximate surface area is 170 Å². The Hall–Kier alpha value is -2.67. The standard InChI is InChI=1S/C22H29N5O2/c1-14(2)12-26-20-19(21(28)25(4)22(26)29)15(3)27(24-20)13-16-7-9-17(10-8-16)18-6-5-11-23-18/h7-10,14,18,23H,5-6,11-13H2,1-4H3. The van der Waals surface area contributed by atoms with Crippen LogP contribution in [0.2, 0.25) is 0 Å². The molecule has 0 amide bonds. The molecule has 3 aromatic rings. The number of nitrogens with zero attached hydrogens (tertiary/aromatic N) is 4. The highest BCUT2D eigenvalue weighted by Crippen LogP contribution is 2.23.